The first-order valence-corrected chi connectivity index (χ1v) is 8.19. The van der Waals surface area contributed by atoms with Crippen LogP contribution >= 0.6 is 15.9 Å². The second kappa shape index (κ2) is 6.20. The van der Waals surface area contributed by atoms with Crippen LogP contribution in [0, 0.1) is 20.8 Å². The Hall–Kier alpha value is -2.08. The molecule has 0 atom stereocenters. The van der Waals surface area contributed by atoms with Crippen molar-refractivity contribution < 1.29 is 9.21 Å². The summed E-state index contributed by atoms with van der Waals surface area (Å²) in [6, 6.07) is 8.02. The smallest absolute Gasteiger partial charge is 0.240 e. The minimum absolute atomic E-state index is 0.0742. The maximum atomic E-state index is 12.3. The number of para-hydroxylation sites is 1. The van der Waals surface area contributed by atoms with Crippen molar-refractivity contribution in [1.82, 2.24) is 14.9 Å². The number of halogens is 1. The molecule has 120 valence electrons. The van der Waals surface area contributed by atoms with Crippen LogP contribution in [-0.4, -0.2) is 15.5 Å². The largest absolute Gasteiger partial charge is 0.444 e. The summed E-state index contributed by atoms with van der Waals surface area (Å²) in [5.41, 5.74) is 2.92. The Kier molecular flexibility index (Phi) is 4.26. The zero-order valence-electron chi connectivity index (χ0n) is 13.3. The normalized spacial score (nSPS) is 11.1. The molecular formula is C17H18BrN3O2. The lowest BCUT2D eigenvalue weighted by Gasteiger charge is -2.08. The molecule has 0 aliphatic carbocycles. The van der Waals surface area contributed by atoms with E-state index in [9.17, 15) is 4.79 Å². The van der Waals surface area contributed by atoms with Gasteiger partial charge < -0.3 is 14.3 Å². The molecule has 0 saturated carbocycles. The van der Waals surface area contributed by atoms with Crippen molar-refractivity contribution in [2.75, 3.05) is 0 Å². The highest BCUT2D eigenvalue weighted by Crippen LogP contribution is 2.30. The van der Waals surface area contributed by atoms with Crippen LogP contribution in [0.25, 0.3) is 10.9 Å². The van der Waals surface area contributed by atoms with Crippen molar-refractivity contribution in [1.29, 1.82) is 0 Å². The predicted octanol–water partition coefficient (Wildman–Crippen LogP) is 3.63. The fourth-order valence-electron chi connectivity index (χ4n) is 2.58. The molecule has 1 aromatic carbocycles. The summed E-state index contributed by atoms with van der Waals surface area (Å²) >= 11 is 3.60. The first-order chi connectivity index (χ1) is 11.0. The second-order valence-corrected chi connectivity index (χ2v) is 6.32. The Morgan fingerprint density at radius 3 is 2.74 bits per heavy atom. The van der Waals surface area contributed by atoms with Gasteiger partial charge in [-0.3, -0.25) is 4.79 Å². The Bertz CT molecular complexity index is 860. The van der Waals surface area contributed by atoms with Gasteiger partial charge in [0.25, 0.3) is 0 Å². The van der Waals surface area contributed by atoms with E-state index in [2.05, 4.69) is 26.2 Å². The molecule has 5 nitrogen and oxygen atoms in total. The van der Waals surface area contributed by atoms with Crippen LogP contribution in [0.3, 0.4) is 0 Å². The molecule has 0 aliphatic heterocycles. The topological polar surface area (TPSA) is 60.1 Å². The number of amides is 1. The summed E-state index contributed by atoms with van der Waals surface area (Å²) in [5.74, 6) is 1.24. The zero-order valence-corrected chi connectivity index (χ0v) is 14.9. The minimum Gasteiger partial charge on any atom is -0.444 e. The van der Waals surface area contributed by atoms with Gasteiger partial charge >= 0.3 is 0 Å². The number of benzene rings is 1. The van der Waals surface area contributed by atoms with E-state index in [4.69, 9.17) is 4.42 Å². The van der Waals surface area contributed by atoms with E-state index in [-0.39, 0.29) is 12.5 Å². The number of nitrogens with one attached hydrogen (secondary N) is 1. The SMILES string of the molecule is Cc1nc(CNC(=O)Cn2c(C)c(Br)c3ccccc32)oc1C. The second-order valence-electron chi connectivity index (χ2n) is 5.53. The average Bonchev–Trinajstić information content (AvgIpc) is 2.98. The van der Waals surface area contributed by atoms with Crippen LogP contribution in [0.1, 0.15) is 23.0 Å². The number of nitrogens with zero attached hydrogens (tertiary/aromatic N) is 2. The van der Waals surface area contributed by atoms with Crippen molar-refractivity contribution in [3.63, 3.8) is 0 Å². The maximum Gasteiger partial charge on any atom is 0.240 e. The number of oxazole rings is 1. The first-order valence-electron chi connectivity index (χ1n) is 7.40. The molecule has 0 radical (unpaired) electrons. The number of hydrogen-bond donors (Lipinski definition) is 1. The van der Waals surface area contributed by atoms with Crippen LogP contribution in [0.4, 0.5) is 0 Å². The monoisotopic (exact) mass is 375 g/mol. The van der Waals surface area contributed by atoms with Crippen molar-refractivity contribution in [3.8, 4) is 0 Å². The third-order valence-corrected chi connectivity index (χ3v) is 4.97. The number of rotatable bonds is 4. The predicted molar refractivity (Wildman–Crippen MR) is 92.2 cm³/mol. The number of hydrogen-bond acceptors (Lipinski definition) is 3. The van der Waals surface area contributed by atoms with E-state index in [1.807, 2.05) is 49.6 Å². The third kappa shape index (κ3) is 3.03. The molecule has 2 aromatic heterocycles. The molecule has 0 fully saturated rings. The van der Waals surface area contributed by atoms with E-state index in [0.29, 0.717) is 12.4 Å². The highest BCUT2D eigenvalue weighted by molar-refractivity contribution is 9.10. The Labute approximate surface area is 142 Å². The van der Waals surface area contributed by atoms with E-state index in [0.717, 1.165) is 32.5 Å². The number of aryl methyl sites for hydroxylation is 2. The number of carbonyl (C=O) groups excluding carboxylic acids is 1. The van der Waals surface area contributed by atoms with E-state index in [1.54, 1.807) is 0 Å². The first kappa shape index (κ1) is 15.8. The van der Waals surface area contributed by atoms with Gasteiger partial charge in [0, 0.05) is 21.1 Å². The molecule has 2 heterocycles. The van der Waals surface area contributed by atoms with Gasteiger partial charge in [-0.2, -0.15) is 0 Å². The molecule has 3 aromatic rings. The summed E-state index contributed by atoms with van der Waals surface area (Å²) in [6.45, 7) is 6.30. The van der Waals surface area contributed by atoms with Gasteiger partial charge in [0.15, 0.2) is 0 Å². The van der Waals surface area contributed by atoms with Gasteiger partial charge in [0.05, 0.1) is 12.2 Å². The van der Waals surface area contributed by atoms with Gasteiger partial charge in [0.1, 0.15) is 12.3 Å². The minimum atomic E-state index is -0.0742. The molecule has 6 heteroatoms. The third-order valence-electron chi connectivity index (χ3n) is 3.97. The molecule has 0 saturated heterocycles. The van der Waals surface area contributed by atoms with E-state index < -0.39 is 0 Å². The fraction of sp³-hybridized carbons (Fsp3) is 0.294. The van der Waals surface area contributed by atoms with Crippen LogP contribution < -0.4 is 5.32 Å². The molecule has 0 unspecified atom stereocenters. The zero-order chi connectivity index (χ0) is 16.6. The van der Waals surface area contributed by atoms with Crippen LogP contribution in [0.15, 0.2) is 33.2 Å². The van der Waals surface area contributed by atoms with Gasteiger partial charge in [0.2, 0.25) is 11.8 Å². The lowest BCUT2D eigenvalue weighted by atomic mass is 10.2. The number of carbonyl (C=O) groups is 1. The summed E-state index contributed by atoms with van der Waals surface area (Å²) in [5, 5.41) is 3.97. The lowest BCUT2D eigenvalue weighted by Crippen LogP contribution is -2.27. The molecule has 0 aliphatic rings. The quantitative estimate of drug-likeness (QED) is 0.757. The number of fused-ring (bicyclic) bond motifs is 1. The van der Waals surface area contributed by atoms with Crippen molar-refractivity contribution in [3.05, 3.63) is 51.8 Å². The van der Waals surface area contributed by atoms with Crippen LogP contribution in [0.2, 0.25) is 0 Å². The standard InChI is InChI=1S/C17H18BrN3O2/c1-10-12(3)23-16(20-10)8-19-15(22)9-21-11(2)17(18)13-6-4-5-7-14(13)21/h4-7H,8-9H2,1-3H3,(H,19,22). The molecule has 1 N–H and O–H groups in total. The van der Waals surface area contributed by atoms with Gasteiger partial charge in [-0.05, 0) is 42.8 Å². The highest BCUT2D eigenvalue weighted by Gasteiger charge is 2.14. The van der Waals surface area contributed by atoms with Crippen molar-refractivity contribution >= 4 is 32.7 Å². The Morgan fingerprint density at radius 1 is 1.30 bits per heavy atom. The molecule has 1 amide bonds. The van der Waals surface area contributed by atoms with E-state index in [1.165, 1.54) is 0 Å². The van der Waals surface area contributed by atoms with Gasteiger partial charge in [-0.15, -0.1) is 0 Å². The highest BCUT2D eigenvalue weighted by atomic mass is 79.9. The van der Waals surface area contributed by atoms with E-state index >= 15 is 0 Å². The van der Waals surface area contributed by atoms with Crippen molar-refractivity contribution in [2.45, 2.75) is 33.9 Å². The maximum absolute atomic E-state index is 12.3. The van der Waals surface area contributed by atoms with Gasteiger partial charge in [-0.25, -0.2) is 4.98 Å². The van der Waals surface area contributed by atoms with Crippen molar-refractivity contribution in [2.24, 2.45) is 0 Å². The summed E-state index contributed by atoms with van der Waals surface area (Å²) < 4.78 is 8.50. The fourth-order valence-corrected chi connectivity index (χ4v) is 3.13. The summed E-state index contributed by atoms with van der Waals surface area (Å²) in [7, 11) is 0. The Morgan fingerprint density at radius 2 is 2.04 bits per heavy atom. The van der Waals surface area contributed by atoms with Gasteiger partial charge in [-0.1, -0.05) is 18.2 Å². The molecule has 23 heavy (non-hydrogen) atoms. The lowest BCUT2D eigenvalue weighted by molar-refractivity contribution is -0.121. The average molecular weight is 376 g/mol. The number of aromatic nitrogens is 2. The molecule has 0 spiro atoms. The Balaban J connectivity index is 1.74. The van der Waals surface area contributed by atoms with Crippen LogP contribution in [-0.2, 0) is 17.9 Å². The summed E-state index contributed by atoms with van der Waals surface area (Å²) in [4.78, 5) is 16.5. The molecule has 0 bridgehead atoms. The molecule has 3 rings (SSSR count). The summed E-state index contributed by atoms with van der Waals surface area (Å²) in [6.07, 6.45) is 0. The molecular weight excluding hydrogens is 358 g/mol. The van der Waals surface area contributed by atoms with Crippen LogP contribution in [0.5, 0.6) is 0 Å².